The van der Waals surface area contributed by atoms with E-state index in [0.29, 0.717) is 6.17 Å². The minimum absolute atomic E-state index is 0.483. The molecule has 0 aromatic carbocycles. The first-order chi connectivity index (χ1) is 10.9. The lowest BCUT2D eigenvalue weighted by Crippen LogP contribution is -2.37. The SMILES string of the molecule is CCCC/C=C/CCCCCCCCC1NC=CN1CCN. The zero-order chi connectivity index (χ0) is 15.9. The molecular formula is C19H37N3. The Hall–Kier alpha value is -0.960. The summed E-state index contributed by atoms with van der Waals surface area (Å²) in [4.78, 5) is 2.32. The molecule has 0 saturated heterocycles. The number of nitrogens with one attached hydrogen (secondary N) is 1. The van der Waals surface area contributed by atoms with Crippen LogP contribution < -0.4 is 11.1 Å². The second-order valence-electron chi connectivity index (χ2n) is 6.34. The van der Waals surface area contributed by atoms with Crippen LogP contribution in [0, 0.1) is 0 Å². The van der Waals surface area contributed by atoms with Crippen LogP contribution in [0.2, 0.25) is 0 Å². The van der Waals surface area contributed by atoms with E-state index in [4.69, 9.17) is 5.73 Å². The van der Waals surface area contributed by atoms with E-state index in [-0.39, 0.29) is 0 Å². The van der Waals surface area contributed by atoms with Gasteiger partial charge in [-0.25, -0.2) is 0 Å². The predicted octanol–water partition coefficient (Wildman–Crippen LogP) is 4.51. The van der Waals surface area contributed by atoms with E-state index >= 15 is 0 Å². The van der Waals surface area contributed by atoms with Crippen molar-refractivity contribution in [3.63, 3.8) is 0 Å². The van der Waals surface area contributed by atoms with Gasteiger partial charge in [-0.05, 0) is 32.1 Å². The Labute approximate surface area is 138 Å². The van der Waals surface area contributed by atoms with Gasteiger partial charge in [0.1, 0.15) is 0 Å². The fourth-order valence-corrected chi connectivity index (χ4v) is 2.94. The number of nitrogens with zero attached hydrogens (tertiary/aromatic N) is 1. The van der Waals surface area contributed by atoms with Crippen LogP contribution in [0.4, 0.5) is 0 Å². The summed E-state index contributed by atoms with van der Waals surface area (Å²) in [6, 6.07) is 0. The second kappa shape index (κ2) is 13.7. The van der Waals surface area contributed by atoms with Crippen molar-refractivity contribution in [1.29, 1.82) is 0 Å². The van der Waals surface area contributed by atoms with Crippen molar-refractivity contribution >= 4 is 0 Å². The van der Waals surface area contributed by atoms with Crippen LogP contribution in [0.5, 0.6) is 0 Å². The Balaban J connectivity index is 1.85. The topological polar surface area (TPSA) is 41.3 Å². The van der Waals surface area contributed by atoms with Gasteiger partial charge in [0, 0.05) is 25.5 Å². The number of rotatable bonds is 14. The quantitative estimate of drug-likeness (QED) is 0.366. The van der Waals surface area contributed by atoms with E-state index in [9.17, 15) is 0 Å². The molecule has 0 saturated carbocycles. The fourth-order valence-electron chi connectivity index (χ4n) is 2.94. The van der Waals surface area contributed by atoms with Crippen molar-refractivity contribution in [3.05, 3.63) is 24.6 Å². The smallest absolute Gasteiger partial charge is 0.0981 e. The maximum Gasteiger partial charge on any atom is 0.0981 e. The van der Waals surface area contributed by atoms with Gasteiger partial charge in [0.05, 0.1) is 6.17 Å². The largest absolute Gasteiger partial charge is 0.370 e. The molecule has 0 spiro atoms. The van der Waals surface area contributed by atoms with E-state index < -0.39 is 0 Å². The molecule has 0 amide bonds. The van der Waals surface area contributed by atoms with Crippen molar-refractivity contribution in [1.82, 2.24) is 10.2 Å². The van der Waals surface area contributed by atoms with Crippen LogP contribution in [-0.2, 0) is 0 Å². The maximum atomic E-state index is 5.63. The van der Waals surface area contributed by atoms with Gasteiger partial charge in [-0.3, -0.25) is 0 Å². The van der Waals surface area contributed by atoms with Crippen LogP contribution >= 0.6 is 0 Å². The third kappa shape index (κ3) is 9.14. The summed E-state index contributed by atoms with van der Waals surface area (Å²) in [5.41, 5.74) is 5.63. The molecule has 0 aromatic heterocycles. The Morgan fingerprint density at radius 1 is 1.00 bits per heavy atom. The Bertz CT molecular complexity index is 299. The summed E-state index contributed by atoms with van der Waals surface area (Å²) >= 11 is 0. The second-order valence-corrected chi connectivity index (χ2v) is 6.34. The average Bonchev–Trinajstić information content (AvgIpc) is 2.96. The predicted molar refractivity (Wildman–Crippen MR) is 97.4 cm³/mol. The molecule has 0 bridgehead atoms. The summed E-state index contributed by atoms with van der Waals surface area (Å²) < 4.78 is 0. The highest BCUT2D eigenvalue weighted by Crippen LogP contribution is 2.14. The summed E-state index contributed by atoms with van der Waals surface area (Å²) in [6.07, 6.45) is 24.0. The molecule has 1 aliphatic heterocycles. The summed E-state index contributed by atoms with van der Waals surface area (Å²) in [5, 5.41) is 3.41. The van der Waals surface area contributed by atoms with Crippen LogP contribution in [0.25, 0.3) is 0 Å². The molecule has 1 heterocycles. The molecule has 1 atom stereocenters. The number of allylic oxidation sites excluding steroid dienone is 2. The van der Waals surface area contributed by atoms with Gasteiger partial charge in [0.2, 0.25) is 0 Å². The van der Waals surface area contributed by atoms with Crippen LogP contribution in [0.15, 0.2) is 24.6 Å². The highest BCUT2D eigenvalue weighted by Gasteiger charge is 2.16. The highest BCUT2D eigenvalue weighted by atomic mass is 15.3. The van der Waals surface area contributed by atoms with Gasteiger partial charge in [-0.1, -0.05) is 57.6 Å². The molecule has 3 nitrogen and oxygen atoms in total. The summed E-state index contributed by atoms with van der Waals surface area (Å²) in [6.45, 7) is 3.94. The first kappa shape index (κ1) is 19.1. The molecule has 128 valence electrons. The number of hydrogen-bond donors (Lipinski definition) is 2. The monoisotopic (exact) mass is 307 g/mol. The van der Waals surface area contributed by atoms with E-state index in [2.05, 4.69) is 35.5 Å². The number of nitrogens with two attached hydrogens (primary N) is 1. The lowest BCUT2D eigenvalue weighted by Gasteiger charge is -2.25. The van der Waals surface area contributed by atoms with Crippen molar-refractivity contribution in [2.45, 2.75) is 83.7 Å². The molecule has 3 heteroatoms. The van der Waals surface area contributed by atoms with Gasteiger partial charge in [-0.2, -0.15) is 0 Å². The lowest BCUT2D eigenvalue weighted by atomic mass is 10.1. The molecule has 0 fully saturated rings. The molecule has 1 unspecified atom stereocenters. The van der Waals surface area contributed by atoms with E-state index in [1.807, 2.05) is 6.20 Å². The molecular weight excluding hydrogens is 270 g/mol. The van der Waals surface area contributed by atoms with Gasteiger partial charge < -0.3 is 16.0 Å². The molecule has 0 aromatic rings. The maximum absolute atomic E-state index is 5.63. The van der Waals surface area contributed by atoms with Crippen LogP contribution in [-0.4, -0.2) is 24.2 Å². The summed E-state index contributed by atoms with van der Waals surface area (Å²) in [7, 11) is 0. The Morgan fingerprint density at radius 3 is 2.41 bits per heavy atom. The molecule has 0 aliphatic carbocycles. The fraction of sp³-hybridized carbons (Fsp3) is 0.789. The van der Waals surface area contributed by atoms with Crippen molar-refractivity contribution in [3.8, 4) is 0 Å². The zero-order valence-corrected chi connectivity index (χ0v) is 14.6. The van der Waals surface area contributed by atoms with E-state index in [1.165, 1.54) is 70.6 Å². The van der Waals surface area contributed by atoms with E-state index in [0.717, 1.165) is 13.1 Å². The third-order valence-electron chi connectivity index (χ3n) is 4.33. The number of unbranched alkanes of at least 4 members (excludes halogenated alkanes) is 8. The van der Waals surface area contributed by atoms with Crippen molar-refractivity contribution in [2.24, 2.45) is 5.73 Å². The third-order valence-corrected chi connectivity index (χ3v) is 4.33. The molecule has 22 heavy (non-hydrogen) atoms. The van der Waals surface area contributed by atoms with Crippen molar-refractivity contribution < 1.29 is 0 Å². The summed E-state index contributed by atoms with van der Waals surface area (Å²) in [5.74, 6) is 0. The lowest BCUT2D eigenvalue weighted by molar-refractivity contribution is 0.264. The van der Waals surface area contributed by atoms with Gasteiger partial charge in [-0.15, -0.1) is 0 Å². The minimum Gasteiger partial charge on any atom is -0.370 e. The van der Waals surface area contributed by atoms with Crippen molar-refractivity contribution in [2.75, 3.05) is 13.1 Å². The van der Waals surface area contributed by atoms with Crippen LogP contribution in [0.1, 0.15) is 77.6 Å². The van der Waals surface area contributed by atoms with E-state index in [1.54, 1.807) is 0 Å². The first-order valence-electron chi connectivity index (χ1n) is 9.42. The first-order valence-corrected chi connectivity index (χ1v) is 9.42. The van der Waals surface area contributed by atoms with Gasteiger partial charge >= 0.3 is 0 Å². The highest BCUT2D eigenvalue weighted by molar-refractivity contribution is 4.94. The molecule has 3 N–H and O–H groups in total. The standard InChI is InChI=1S/C19H37N3/c1-2-3-4-5-6-7-8-9-10-11-12-13-14-19-21-16-18-22(19)17-15-20/h5-6,16,18-19,21H,2-4,7-15,17,20H2,1H3/b6-5+. The molecule has 1 aliphatic rings. The molecule has 0 radical (unpaired) electrons. The average molecular weight is 308 g/mol. The Morgan fingerprint density at radius 2 is 1.68 bits per heavy atom. The van der Waals surface area contributed by atoms with Gasteiger partial charge in [0.25, 0.3) is 0 Å². The molecule has 1 rings (SSSR count). The van der Waals surface area contributed by atoms with Gasteiger partial charge in [0.15, 0.2) is 0 Å². The number of hydrogen-bond acceptors (Lipinski definition) is 3. The normalized spacial score (nSPS) is 17.5. The zero-order valence-electron chi connectivity index (χ0n) is 14.6. The minimum atomic E-state index is 0.483. The Kier molecular flexibility index (Phi) is 11.9. The van der Waals surface area contributed by atoms with Crippen LogP contribution in [0.3, 0.4) is 0 Å².